The summed E-state index contributed by atoms with van der Waals surface area (Å²) in [6.45, 7) is 0.109. The van der Waals surface area contributed by atoms with Gasteiger partial charge in [-0.2, -0.15) is 0 Å². The molecule has 0 unspecified atom stereocenters. The van der Waals surface area contributed by atoms with Gasteiger partial charge in [-0.1, -0.05) is 15.9 Å². The summed E-state index contributed by atoms with van der Waals surface area (Å²) >= 11 is 3.33. The van der Waals surface area contributed by atoms with E-state index in [9.17, 15) is 14.7 Å². The lowest BCUT2D eigenvalue weighted by molar-refractivity contribution is 0.174. The first-order valence-electron chi connectivity index (χ1n) is 9.51. The van der Waals surface area contributed by atoms with Crippen molar-refractivity contribution in [3.63, 3.8) is 0 Å². The van der Waals surface area contributed by atoms with Crippen molar-refractivity contribution in [1.29, 1.82) is 0 Å². The summed E-state index contributed by atoms with van der Waals surface area (Å²) < 4.78 is 17.3. The molecule has 0 aliphatic carbocycles. The molecule has 0 fully saturated rings. The van der Waals surface area contributed by atoms with Gasteiger partial charge in [0.2, 0.25) is 18.0 Å². The van der Waals surface area contributed by atoms with Crippen LogP contribution in [0.5, 0.6) is 17.2 Å². The molecule has 160 valence electrons. The van der Waals surface area contributed by atoms with E-state index in [2.05, 4.69) is 26.6 Å². The molecule has 0 spiro atoms. The maximum atomic E-state index is 12.8. The highest BCUT2D eigenvalue weighted by atomic mass is 79.9. The number of carbonyl (C=O) groups excluding carboxylic acids is 1. The van der Waals surface area contributed by atoms with Crippen molar-refractivity contribution in [1.82, 2.24) is 0 Å². The zero-order valence-electron chi connectivity index (χ0n) is 16.3. The van der Waals surface area contributed by atoms with E-state index in [1.54, 1.807) is 54.6 Å². The van der Waals surface area contributed by atoms with E-state index in [4.69, 9.17) is 13.9 Å². The normalized spacial score (nSPS) is 12.0. The standard InChI is InChI=1S/C23H15BrN2O6/c24-13-2-4-14(5-3-13)25-23(29)26-15-6-8-17-16(10-15)20(27)21(28)22(32-17)12-1-7-18-19(9-12)31-11-30-18/h1-10,28H,11H2,(H2,25,26,29). The number of halogens is 1. The molecule has 32 heavy (non-hydrogen) atoms. The lowest BCUT2D eigenvalue weighted by Gasteiger charge is -2.10. The molecule has 4 aromatic rings. The Morgan fingerprint density at radius 3 is 2.44 bits per heavy atom. The largest absolute Gasteiger partial charge is 0.502 e. The summed E-state index contributed by atoms with van der Waals surface area (Å²) in [7, 11) is 0. The van der Waals surface area contributed by atoms with Gasteiger partial charge in [0.05, 0.1) is 5.39 Å². The Balaban J connectivity index is 1.44. The van der Waals surface area contributed by atoms with Gasteiger partial charge < -0.3 is 29.6 Å². The summed E-state index contributed by atoms with van der Waals surface area (Å²) in [4.78, 5) is 25.1. The van der Waals surface area contributed by atoms with Crippen LogP contribution >= 0.6 is 15.9 Å². The molecule has 0 atom stereocenters. The second-order valence-electron chi connectivity index (χ2n) is 6.97. The molecule has 8 nitrogen and oxygen atoms in total. The number of hydrogen-bond donors (Lipinski definition) is 3. The molecular formula is C23H15BrN2O6. The first-order chi connectivity index (χ1) is 15.5. The molecule has 2 heterocycles. The third-order valence-corrected chi connectivity index (χ3v) is 5.39. The third kappa shape index (κ3) is 3.74. The lowest BCUT2D eigenvalue weighted by atomic mass is 10.1. The fourth-order valence-corrected chi connectivity index (χ4v) is 3.59. The zero-order valence-corrected chi connectivity index (χ0v) is 17.9. The zero-order chi connectivity index (χ0) is 22.2. The maximum absolute atomic E-state index is 12.8. The molecular weight excluding hydrogens is 480 g/mol. The minimum absolute atomic E-state index is 0.0227. The van der Waals surface area contributed by atoms with Crippen molar-refractivity contribution in [2.24, 2.45) is 0 Å². The van der Waals surface area contributed by atoms with Crippen LogP contribution in [-0.4, -0.2) is 17.9 Å². The van der Waals surface area contributed by atoms with Gasteiger partial charge in [0.15, 0.2) is 17.3 Å². The SMILES string of the molecule is O=C(Nc1ccc(Br)cc1)Nc1ccc2oc(-c3ccc4c(c3)OCO4)c(O)c(=O)c2c1. The smallest absolute Gasteiger partial charge is 0.323 e. The number of nitrogens with one attached hydrogen (secondary N) is 2. The van der Waals surface area contributed by atoms with Crippen LogP contribution in [-0.2, 0) is 0 Å². The molecule has 3 N–H and O–H groups in total. The fourth-order valence-electron chi connectivity index (χ4n) is 3.32. The number of anilines is 2. The van der Waals surface area contributed by atoms with Crippen molar-refractivity contribution >= 4 is 44.3 Å². The Morgan fingerprint density at radius 2 is 1.62 bits per heavy atom. The monoisotopic (exact) mass is 494 g/mol. The van der Waals surface area contributed by atoms with Crippen LogP contribution in [0.1, 0.15) is 0 Å². The highest BCUT2D eigenvalue weighted by Crippen LogP contribution is 2.38. The Labute approximate surface area is 189 Å². The van der Waals surface area contributed by atoms with Gasteiger partial charge in [0, 0.05) is 21.4 Å². The van der Waals surface area contributed by atoms with Crippen molar-refractivity contribution in [3.8, 4) is 28.6 Å². The summed E-state index contributed by atoms with van der Waals surface area (Å²) in [6.07, 6.45) is 0. The predicted octanol–water partition coefficient (Wildman–Crippen LogP) is 5.30. The molecule has 0 radical (unpaired) electrons. The van der Waals surface area contributed by atoms with Crippen LogP contribution in [0, 0.1) is 0 Å². The van der Waals surface area contributed by atoms with E-state index in [1.165, 1.54) is 6.07 Å². The Morgan fingerprint density at radius 1 is 0.906 bits per heavy atom. The lowest BCUT2D eigenvalue weighted by Crippen LogP contribution is -2.19. The molecule has 0 bridgehead atoms. The molecule has 1 aliphatic rings. The van der Waals surface area contributed by atoms with Crippen molar-refractivity contribution in [2.75, 3.05) is 17.4 Å². The van der Waals surface area contributed by atoms with Crippen LogP contribution in [0.15, 0.2) is 74.3 Å². The highest BCUT2D eigenvalue weighted by molar-refractivity contribution is 9.10. The highest BCUT2D eigenvalue weighted by Gasteiger charge is 2.20. The number of rotatable bonds is 3. The third-order valence-electron chi connectivity index (χ3n) is 4.86. The summed E-state index contributed by atoms with van der Waals surface area (Å²) in [5.74, 6) is 0.566. The predicted molar refractivity (Wildman–Crippen MR) is 122 cm³/mol. The van der Waals surface area contributed by atoms with E-state index in [0.29, 0.717) is 28.4 Å². The number of urea groups is 1. The average Bonchev–Trinajstić information content (AvgIpc) is 3.26. The van der Waals surface area contributed by atoms with E-state index >= 15 is 0 Å². The number of ether oxygens (including phenoxy) is 2. The van der Waals surface area contributed by atoms with E-state index < -0.39 is 17.2 Å². The van der Waals surface area contributed by atoms with Crippen LogP contribution < -0.4 is 25.5 Å². The molecule has 0 saturated carbocycles. The Bertz CT molecular complexity index is 1410. The number of amides is 2. The van der Waals surface area contributed by atoms with E-state index in [1.807, 2.05) is 0 Å². The summed E-state index contributed by atoms with van der Waals surface area (Å²) in [5, 5.41) is 16.0. The first kappa shape index (κ1) is 20.0. The quantitative estimate of drug-likeness (QED) is 0.356. The number of fused-ring (bicyclic) bond motifs is 2. The van der Waals surface area contributed by atoms with Crippen LogP contribution in [0.4, 0.5) is 16.2 Å². The van der Waals surface area contributed by atoms with Crippen molar-refractivity contribution < 1.29 is 23.8 Å². The van der Waals surface area contributed by atoms with Crippen molar-refractivity contribution in [2.45, 2.75) is 0 Å². The molecule has 2 amide bonds. The van der Waals surface area contributed by atoms with Gasteiger partial charge in [-0.3, -0.25) is 4.79 Å². The number of carbonyl (C=O) groups is 1. The Hall–Kier alpha value is -3.98. The van der Waals surface area contributed by atoms with Crippen molar-refractivity contribution in [3.05, 3.63) is 75.4 Å². The fraction of sp³-hybridized carbons (Fsp3) is 0.0435. The number of benzene rings is 3. The summed E-state index contributed by atoms with van der Waals surface area (Å²) in [5.41, 5.74) is 1.10. The van der Waals surface area contributed by atoms with Gasteiger partial charge >= 0.3 is 6.03 Å². The topological polar surface area (TPSA) is 110 Å². The first-order valence-corrected chi connectivity index (χ1v) is 10.3. The molecule has 9 heteroatoms. The van der Waals surface area contributed by atoms with E-state index in [0.717, 1.165) is 4.47 Å². The number of aromatic hydroxyl groups is 1. The van der Waals surface area contributed by atoms with Crippen LogP contribution in [0.2, 0.25) is 0 Å². The minimum atomic E-state index is -0.615. The van der Waals surface area contributed by atoms with Gasteiger partial charge in [0.1, 0.15) is 5.58 Å². The summed E-state index contributed by atoms with van der Waals surface area (Å²) in [6, 6.07) is 16.2. The molecule has 1 aromatic heterocycles. The second kappa shape index (κ2) is 7.93. The van der Waals surface area contributed by atoms with E-state index in [-0.39, 0.29) is 23.5 Å². The molecule has 1 aliphatic heterocycles. The van der Waals surface area contributed by atoms with Gasteiger partial charge in [-0.25, -0.2) is 4.79 Å². The van der Waals surface area contributed by atoms with Gasteiger partial charge in [-0.15, -0.1) is 0 Å². The molecule has 0 saturated heterocycles. The van der Waals surface area contributed by atoms with Crippen LogP contribution in [0.3, 0.4) is 0 Å². The average molecular weight is 495 g/mol. The minimum Gasteiger partial charge on any atom is -0.502 e. The van der Waals surface area contributed by atoms with Gasteiger partial charge in [-0.05, 0) is 60.7 Å². The number of hydrogen-bond acceptors (Lipinski definition) is 6. The maximum Gasteiger partial charge on any atom is 0.323 e. The molecule has 3 aromatic carbocycles. The Kier molecular flexibility index (Phi) is 4.95. The molecule has 5 rings (SSSR count). The van der Waals surface area contributed by atoms with Gasteiger partial charge in [0.25, 0.3) is 0 Å². The van der Waals surface area contributed by atoms with Crippen LogP contribution in [0.25, 0.3) is 22.3 Å². The second-order valence-corrected chi connectivity index (χ2v) is 7.89.